The molecule has 29 heavy (non-hydrogen) atoms. The number of aliphatic hydroxyl groups is 1. The summed E-state index contributed by atoms with van der Waals surface area (Å²) >= 11 is 0. The number of aliphatic hydroxyl groups excluding tert-OH is 1. The van der Waals surface area contributed by atoms with Gasteiger partial charge in [0, 0.05) is 37.8 Å². The average Bonchev–Trinajstić information content (AvgIpc) is 3.21. The third kappa shape index (κ3) is 4.34. The van der Waals surface area contributed by atoms with E-state index in [1.165, 1.54) is 17.2 Å². The van der Waals surface area contributed by atoms with Crippen molar-refractivity contribution in [3.8, 4) is 0 Å². The van der Waals surface area contributed by atoms with Gasteiger partial charge in [0.2, 0.25) is 5.91 Å². The van der Waals surface area contributed by atoms with Gasteiger partial charge in [-0.05, 0) is 41.7 Å². The van der Waals surface area contributed by atoms with Crippen molar-refractivity contribution in [3.05, 3.63) is 71.3 Å². The van der Waals surface area contributed by atoms with Gasteiger partial charge in [0.1, 0.15) is 6.23 Å². The number of amides is 1. The first-order chi connectivity index (χ1) is 14.2. The Morgan fingerprint density at radius 2 is 1.62 bits per heavy atom. The average molecular weight is 393 g/mol. The molecule has 0 saturated carbocycles. The van der Waals surface area contributed by atoms with Gasteiger partial charge in [0.05, 0.1) is 0 Å². The fourth-order valence-corrected chi connectivity index (χ4v) is 4.31. The van der Waals surface area contributed by atoms with Crippen LogP contribution in [0.15, 0.2) is 54.6 Å². The number of carbonyl (C=O) groups is 1. The van der Waals surface area contributed by atoms with Crippen LogP contribution < -0.4 is 10.4 Å². The first kappa shape index (κ1) is 19.6. The van der Waals surface area contributed by atoms with Crippen LogP contribution in [0.2, 0.25) is 0 Å². The van der Waals surface area contributed by atoms with E-state index in [4.69, 9.17) is 5.21 Å². The lowest BCUT2D eigenvalue weighted by Gasteiger charge is -2.37. The summed E-state index contributed by atoms with van der Waals surface area (Å²) in [4.78, 5) is 17.3. The van der Waals surface area contributed by atoms with Crippen LogP contribution >= 0.6 is 0 Å². The summed E-state index contributed by atoms with van der Waals surface area (Å²) in [7, 11) is 0. The van der Waals surface area contributed by atoms with Gasteiger partial charge in [-0.2, -0.15) is 5.48 Å². The van der Waals surface area contributed by atoms with Crippen molar-refractivity contribution in [2.45, 2.75) is 19.1 Å². The van der Waals surface area contributed by atoms with E-state index in [9.17, 15) is 9.90 Å². The summed E-state index contributed by atoms with van der Waals surface area (Å²) in [5.74, 6) is 0.341. The summed E-state index contributed by atoms with van der Waals surface area (Å²) in [6.45, 7) is 2.98. The third-order valence-corrected chi connectivity index (χ3v) is 5.86. The number of fused-ring (bicyclic) bond motifs is 1. The van der Waals surface area contributed by atoms with Gasteiger partial charge in [0.15, 0.2) is 0 Å². The second-order valence-electron chi connectivity index (χ2n) is 7.68. The summed E-state index contributed by atoms with van der Waals surface area (Å²) in [6.07, 6.45) is 3.88. The SMILES string of the molecule is O=C(C1Cc2ccccc2C1)N1CCN(c2ccccc2/C=C/C(O)NO)CC1. The lowest BCUT2D eigenvalue weighted by Crippen LogP contribution is -2.50. The maximum absolute atomic E-state index is 13.0. The minimum Gasteiger partial charge on any atom is -0.373 e. The molecular weight excluding hydrogens is 366 g/mol. The van der Waals surface area contributed by atoms with Crippen LogP contribution in [0.25, 0.3) is 6.08 Å². The number of benzene rings is 2. The summed E-state index contributed by atoms with van der Waals surface area (Å²) in [6, 6.07) is 16.3. The van der Waals surface area contributed by atoms with Gasteiger partial charge >= 0.3 is 0 Å². The highest BCUT2D eigenvalue weighted by Gasteiger charge is 2.32. The molecule has 6 heteroatoms. The lowest BCUT2D eigenvalue weighted by molar-refractivity contribution is -0.135. The minimum absolute atomic E-state index is 0.0710. The Balaban J connectivity index is 1.38. The Bertz CT molecular complexity index is 865. The Morgan fingerprint density at radius 1 is 1.00 bits per heavy atom. The molecule has 0 spiro atoms. The summed E-state index contributed by atoms with van der Waals surface area (Å²) < 4.78 is 0. The van der Waals surface area contributed by atoms with Crippen LogP contribution in [-0.4, -0.2) is 53.5 Å². The number of hydrogen-bond donors (Lipinski definition) is 3. The smallest absolute Gasteiger partial charge is 0.226 e. The maximum atomic E-state index is 13.0. The number of para-hydroxylation sites is 1. The molecule has 2 aromatic carbocycles. The van der Waals surface area contributed by atoms with Gasteiger partial charge in [-0.3, -0.25) is 4.79 Å². The number of piperazine rings is 1. The van der Waals surface area contributed by atoms with E-state index >= 15 is 0 Å². The summed E-state index contributed by atoms with van der Waals surface area (Å²) in [5.41, 5.74) is 6.45. The number of nitrogens with one attached hydrogen (secondary N) is 1. The molecule has 0 radical (unpaired) electrons. The zero-order valence-corrected chi connectivity index (χ0v) is 16.4. The topological polar surface area (TPSA) is 76.0 Å². The van der Waals surface area contributed by atoms with E-state index in [-0.39, 0.29) is 11.8 Å². The molecule has 4 rings (SSSR count). The van der Waals surface area contributed by atoms with Crippen molar-refractivity contribution < 1.29 is 15.1 Å². The normalized spacial score (nSPS) is 18.3. The van der Waals surface area contributed by atoms with Crippen LogP contribution in [-0.2, 0) is 17.6 Å². The number of rotatable bonds is 5. The molecule has 2 aromatic rings. The molecular formula is C23H27N3O3. The number of carbonyl (C=O) groups excluding carboxylic acids is 1. The van der Waals surface area contributed by atoms with Crippen molar-refractivity contribution in [2.75, 3.05) is 31.1 Å². The fraction of sp³-hybridized carbons (Fsp3) is 0.348. The Kier molecular flexibility index (Phi) is 5.94. The molecule has 1 atom stereocenters. The molecule has 1 fully saturated rings. The van der Waals surface area contributed by atoms with E-state index in [2.05, 4.69) is 17.0 Å². The molecule has 2 aliphatic rings. The number of anilines is 1. The molecule has 1 unspecified atom stereocenters. The predicted octanol–water partition coefficient (Wildman–Crippen LogP) is 2.06. The molecule has 1 saturated heterocycles. The number of hydroxylamine groups is 1. The van der Waals surface area contributed by atoms with Crippen molar-refractivity contribution in [2.24, 2.45) is 5.92 Å². The molecule has 0 bridgehead atoms. The fourth-order valence-electron chi connectivity index (χ4n) is 4.31. The van der Waals surface area contributed by atoms with Crippen LogP contribution in [0.5, 0.6) is 0 Å². The molecule has 1 amide bonds. The van der Waals surface area contributed by atoms with Crippen LogP contribution in [0.1, 0.15) is 16.7 Å². The van der Waals surface area contributed by atoms with E-state index in [0.29, 0.717) is 13.1 Å². The number of hydrogen-bond acceptors (Lipinski definition) is 5. The largest absolute Gasteiger partial charge is 0.373 e. The van der Waals surface area contributed by atoms with E-state index < -0.39 is 6.23 Å². The van der Waals surface area contributed by atoms with E-state index in [1.54, 1.807) is 11.6 Å². The van der Waals surface area contributed by atoms with Gasteiger partial charge in [0.25, 0.3) is 0 Å². The number of nitrogens with zero attached hydrogens (tertiary/aromatic N) is 2. The van der Waals surface area contributed by atoms with Crippen LogP contribution in [0, 0.1) is 5.92 Å². The molecule has 6 nitrogen and oxygen atoms in total. The highest BCUT2D eigenvalue weighted by molar-refractivity contribution is 5.81. The van der Waals surface area contributed by atoms with Crippen molar-refractivity contribution in [3.63, 3.8) is 0 Å². The second-order valence-corrected chi connectivity index (χ2v) is 7.68. The van der Waals surface area contributed by atoms with Crippen LogP contribution in [0.4, 0.5) is 5.69 Å². The quantitative estimate of drug-likeness (QED) is 0.536. The van der Waals surface area contributed by atoms with Gasteiger partial charge in [-0.1, -0.05) is 48.5 Å². The van der Waals surface area contributed by atoms with Crippen molar-refractivity contribution in [1.29, 1.82) is 0 Å². The standard InChI is InChI=1S/C23H27N3O3/c27-22(24-29)10-9-17-5-3-4-8-21(17)25-11-13-26(14-12-25)23(28)20-15-18-6-1-2-7-19(18)16-20/h1-10,20,22,24,27,29H,11-16H2/b10-9+. The minimum atomic E-state index is -1.10. The highest BCUT2D eigenvalue weighted by Crippen LogP contribution is 2.29. The predicted molar refractivity (Wildman–Crippen MR) is 113 cm³/mol. The Labute approximate surface area is 171 Å². The third-order valence-electron chi connectivity index (χ3n) is 5.86. The molecule has 1 heterocycles. The molecule has 1 aliphatic heterocycles. The molecule has 0 aromatic heterocycles. The maximum Gasteiger partial charge on any atom is 0.226 e. The zero-order valence-electron chi connectivity index (χ0n) is 16.4. The Morgan fingerprint density at radius 3 is 2.28 bits per heavy atom. The van der Waals surface area contributed by atoms with E-state index in [1.807, 2.05) is 41.3 Å². The Hall–Kier alpha value is -2.67. The lowest BCUT2D eigenvalue weighted by atomic mass is 10.0. The summed E-state index contributed by atoms with van der Waals surface area (Å²) in [5, 5.41) is 18.2. The molecule has 3 N–H and O–H groups in total. The monoisotopic (exact) mass is 393 g/mol. The van der Waals surface area contributed by atoms with Crippen molar-refractivity contribution in [1.82, 2.24) is 10.4 Å². The van der Waals surface area contributed by atoms with E-state index in [0.717, 1.165) is 37.2 Å². The van der Waals surface area contributed by atoms with Gasteiger partial charge in [-0.15, -0.1) is 0 Å². The first-order valence-corrected chi connectivity index (χ1v) is 10.1. The van der Waals surface area contributed by atoms with Crippen molar-refractivity contribution >= 4 is 17.7 Å². The molecule has 152 valence electrons. The first-order valence-electron chi connectivity index (χ1n) is 10.1. The zero-order chi connectivity index (χ0) is 20.2. The van der Waals surface area contributed by atoms with Gasteiger partial charge in [-0.25, -0.2) is 0 Å². The molecule has 1 aliphatic carbocycles. The van der Waals surface area contributed by atoms with Crippen LogP contribution in [0.3, 0.4) is 0 Å². The van der Waals surface area contributed by atoms with Gasteiger partial charge < -0.3 is 20.1 Å². The highest BCUT2D eigenvalue weighted by atomic mass is 16.5. The second kappa shape index (κ2) is 8.78.